The predicted molar refractivity (Wildman–Crippen MR) is 118 cm³/mol. The van der Waals surface area contributed by atoms with Crippen LogP contribution >= 0.6 is 0 Å². The number of aryl methyl sites for hydroxylation is 1. The van der Waals surface area contributed by atoms with E-state index in [1.165, 1.54) is 0 Å². The molecule has 4 aromatic rings. The monoisotopic (exact) mass is 415 g/mol. The van der Waals surface area contributed by atoms with Crippen LogP contribution in [0.3, 0.4) is 0 Å². The molecule has 0 radical (unpaired) electrons. The standard InChI is InChI=1S/C25H25N3O3/c1-27-14-11-26-24(27)23(29)17-8-12-28(13-9-17)25(30)22-7-6-19(18-10-15-31-16-18)20-4-2-3-5-21(20)22/h2-7,10-11,14-17,23,29H,8-9,12-13H2,1H3. The first-order valence-corrected chi connectivity index (χ1v) is 10.6. The number of hydrogen-bond donors (Lipinski definition) is 1. The average Bonchev–Trinajstić information content (AvgIpc) is 3.49. The highest BCUT2D eigenvalue weighted by Crippen LogP contribution is 2.34. The molecule has 1 unspecified atom stereocenters. The Labute approximate surface area is 180 Å². The normalized spacial score (nSPS) is 16.0. The molecule has 1 saturated heterocycles. The van der Waals surface area contributed by atoms with Gasteiger partial charge in [0, 0.05) is 43.7 Å². The summed E-state index contributed by atoms with van der Waals surface area (Å²) >= 11 is 0. The highest BCUT2D eigenvalue weighted by Gasteiger charge is 2.31. The van der Waals surface area contributed by atoms with E-state index in [4.69, 9.17) is 4.42 Å². The van der Waals surface area contributed by atoms with Crippen LogP contribution < -0.4 is 0 Å². The number of imidazole rings is 1. The number of carbonyl (C=O) groups excluding carboxylic acids is 1. The second-order valence-electron chi connectivity index (χ2n) is 8.19. The van der Waals surface area contributed by atoms with Crippen molar-refractivity contribution >= 4 is 16.7 Å². The van der Waals surface area contributed by atoms with E-state index < -0.39 is 6.10 Å². The second-order valence-corrected chi connectivity index (χ2v) is 8.19. The fourth-order valence-corrected chi connectivity index (χ4v) is 4.62. The lowest BCUT2D eigenvalue weighted by Crippen LogP contribution is -2.40. The van der Waals surface area contributed by atoms with E-state index in [2.05, 4.69) is 4.98 Å². The van der Waals surface area contributed by atoms with E-state index in [1.54, 1.807) is 18.7 Å². The first-order chi connectivity index (χ1) is 15.1. The third-order valence-corrected chi connectivity index (χ3v) is 6.38. The van der Waals surface area contributed by atoms with Crippen molar-refractivity contribution in [2.45, 2.75) is 18.9 Å². The van der Waals surface area contributed by atoms with Crippen molar-refractivity contribution < 1.29 is 14.3 Å². The number of aliphatic hydroxyl groups is 1. The number of furan rings is 1. The van der Waals surface area contributed by atoms with Crippen molar-refractivity contribution in [2.24, 2.45) is 13.0 Å². The molecular formula is C25H25N3O3. The molecule has 0 spiro atoms. The van der Waals surface area contributed by atoms with Crippen molar-refractivity contribution in [3.63, 3.8) is 0 Å². The molecule has 1 fully saturated rings. The van der Waals surface area contributed by atoms with Crippen LogP contribution in [-0.2, 0) is 7.05 Å². The molecule has 31 heavy (non-hydrogen) atoms. The maximum atomic E-state index is 13.4. The number of fused-ring (bicyclic) bond motifs is 1. The number of rotatable bonds is 4. The van der Waals surface area contributed by atoms with Crippen LogP contribution in [0.25, 0.3) is 21.9 Å². The Kier molecular flexibility index (Phi) is 5.08. The zero-order chi connectivity index (χ0) is 21.4. The molecule has 5 rings (SSSR count). The maximum absolute atomic E-state index is 13.4. The summed E-state index contributed by atoms with van der Waals surface area (Å²) in [6, 6.07) is 13.9. The fourth-order valence-electron chi connectivity index (χ4n) is 4.62. The lowest BCUT2D eigenvalue weighted by Gasteiger charge is -2.34. The average molecular weight is 415 g/mol. The first kappa shape index (κ1) is 19.6. The van der Waals surface area contributed by atoms with Crippen LogP contribution in [0.15, 0.2) is 71.8 Å². The van der Waals surface area contributed by atoms with Crippen LogP contribution in [0, 0.1) is 5.92 Å². The smallest absolute Gasteiger partial charge is 0.254 e. The Morgan fingerprint density at radius 3 is 2.58 bits per heavy atom. The third-order valence-electron chi connectivity index (χ3n) is 6.38. The van der Waals surface area contributed by atoms with Crippen LogP contribution in [0.1, 0.15) is 35.1 Å². The quantitative estimate of drug-likeness (QED) is 0.536. The summed E-state index contributed by atoms with van der Waals surface area (Å²) in [5.41, 5.74) is 2.77. The Morgan fingerprint density at radius 1 is 1.13 bits per heavy atom. The second kappa shape index (κ2) is 8.04. The minimum Gasteiger partial charge on any atom is -0.472 e. The van der Waals surface area contributed by atoms with Crippen LogP contribution in [0.5, 0.6) is 0 Å². The predicted octanol–water partition coefficient (Wildman–Crippen LogP) is 4.42. The lowest BCUT2D eigenvalue weighted by molar-refractivity contribution is 0.0421. The van der Waals surface area contributed by atoms with Gasteiger partial charge in [0.05, 0.1) is 12.5 Å². The molecule has 2 aromatic carbocycles. The van der Waals surface area contributed by atoms with Crippen molar-refractivity contribution in [3.05, 3.63) is 78.8 Å². The van der Waals surface area contributed by atoms with Gasteiger partial charge < -0.3 is 19.0 Å². The van der Waals surface area contributed by atoms with Crippen LogP contribution in [0.4, 0.5) is 0 Å². The Morgan fingerprint density at radius 2 is 1.90 bits per heavy atom. The number of hydrogen-bond acceptors (Lipinski definition) is 4. The third kappa shape index (κ3) is 3.53. The van der Waals surface area contributed by atoms with E-state index in [1.807, 2.05) is 65.2 Å². The van der Waals surface area contributed by atoms with Gasteiger partial charge in [0.1, 0.15) is 11.9 Å². The Hall–Kier alpha value is -3.38. The van der Waals surface area contributed by atoms with Gasteiger partial charge in [0.25, 0.3) is 5.91 Å². The van der Waals surface area contributed by atoms with Gasteiger partial charge in [-0.25, -0.2) is 4.98 Å². The highest BCUT2D eigenvalue weighted by atomic mass is 16.3. The van der Waals surface area contributed by atoms with Gasteiger partial charge in [-0.3, -0.25) is 4.79 Å². The molecule has 1 aliphatic rings. The largest absolute Gasteiger partial charge is 0.472 e. The van der Waals surface area contributed by atoms with Crippen molar-refractivity contribution in [1.82, 2.24) is 14.5 Å². The van der Waals surface area contributed by atoms with Crippen molar-refractivity contribution in [1.29, 1.82) is 0 Å². The minimum absolute atomic E-state index is 0.0416. The topological polar surface area (TPSA) is 71.5 Å². The molecular weight excluding hydrogens is 390 g/mol. The molecule has 1 amide bonds. The molecule has 6 heteroatoms. The summed E-state index contributed by atoms with van der Waals surface area (Å²) in [6.07, 6.45) is 7.83. The molecule has 1 aliphatic heterocycles. The molecule has 3 heterocycles. The number of aliphatic hydroxyl groups excluding tert-OH is 1. The van der Waals surface area contributed by atoms with Gasteiger partial charge in [-0.05, 0) is 47.2 Å². The summed E-state index contributed by atoms with van der Waals surface area (Å²) in [5.74, 6) is 0.829. The molecule has 6 nitrogen and oxygen atoms in total. The van der Waals surface area contributed by atoms with E-state index in [0.29, 0.717) is 24.5 Å². The van der Waals surface area contributed by atoms with Gasteiger partial charge >= 0.3 is 0 Å². The summed E-state index contributed by atoms with van der Waals surface area (Å²) in [4.78, 5) is 19.6. The molecule has 2 aromatic heterocycles. The first-order valence-electron chi connectivity index (χ1n) is 10.6. The van der Waals surface area contributed by atoms with E-state index in [0.717, 1.165) is 34.7 Å². The fraction of sp³-hybridized carbons (Fsp3) is 0.280. The minimum atomic E-state index is -0.604. The lowest BCUT2D eigenvalue weighted by atomic mass is 9.90. The van der Waals surface area contributed by atoms with Gasteiger partial charge in [0.2, 0.25) is 0 Å². The molecule has 0 bridgehead atoms. The van der Waals surface area contributed by atoms with Gasteiger partial charge in [0.15, 0.2) is 0 Å². The molecule has 1 N–H and O–H groups in total. The summed E-state index contributed by atoms with van der Waals surface area (Å²) in [6.45, 7) is 1.26. The van der Waals surface area contributed by atoms with Crippen LogP contribution in [0.2, 0.25) is 0 Å². The number of nitrogens with zero attached hydrogens (tertiary/aromatic N) is 3. The van der Waals surface area contributed by atoms with Crippen molar-refractivity contribution in [2.75, 3.05) is 13.1 Å². The highest BCUT2D eigenvalue weighted by molar-refractivity contribution is 6.10. The van der Waals surface area contributed by atoms with Crippen molar-refractivity contribution in [3.8, 4) is 11.1 Å². The number of amides is 1. The number of aromatic nitrogens is 2. The van der Waals surface area contributed by atoms with Crippen LogP contribution in [-0.4, -0.2) is 38.6 Å². The molecule has 0 aliphatic carbocycles. The molecule has 158 valence electrons. The maximum Gasteiger partial charge on any atom is 0.254 e. The SMILES string of the molecule is Cn1ccnc1C(O)C1CCN(C(=O)c2ccc(-c3ccoc3)c3ccccc23)CC1. The summed E-state index contributed by atoms with van der Waals surface area (Å²) in [5, 5.41) is 12.7. The van der Waals surface area contributed by atoms with E-state index >= 15 is 0 Å². The number of carbonyl (C=O) groups is 1. The zero-order valence-corrected chi connectivity index (χ0v) is 17.4. The Balaban J connectivity index is 1.37. The van der Waals surface area contributed by atoms with Gasteiger partial charge in [-0.15, -0.1) is 0 Å². The summed E-state index contributed by atoms with van der Waals surface area (Å²) in [7, 11) is 1.89. The van der Waals surface area contributed by atoms with Gasteiger partial charge in [-0.2, -0.15) is 0 Å². The molecule has 1 atom stereocenters. The number of piperidine rings is 1. The summed E-state index contributed by atoms with van der Waals surface area (Å²) < 4.78 is 7.11. The number of benzene rings is 2. The number of likely N-dealkylation sites (tertiary alicyclic amines) is 1. The van der Waals surface area contributed by atoms with E-state index in [9.17, 15) is 9.90 Å². The van der Waals surface area contributed by atoms with E-state index in [-0.39, 0.29) is 11.8 Å². The zero-order valence-electron chi connectivity index (χ0n) is 17.4. The molecule has 0 saturated carbocycles. The van der Waals surface area contributed by atoms with Gasteiger partial charge in [-0.1, -0.05) is 30.3 Å². The Bertz CT molecular complexity index is 1200.